The molecule has 7 heteroatoms. The lowest BCUT2D eigenvalue weighted by molar-refractivity contribution is 0.185. The maximum Gasteiger partial charge on any atom is 0.191 e. The minimum atomic E-state index is -0.610. The highest BCUT2D eigenvalue weighted by molar-refractivity contribution is 7.16. The third-order valence-electron chi connectivity index (χ3n) is 4.24. The van der Waals surface area contributed by atoms with Crippen molar-refractivity contribution in [3.05, 3.63) is 21.3 Å². The molecular weight excluding hydrogens is 356 g/mol. The van der Waals surface area contributed by atoms with Crippen LogP contribution in [-0.4, -0.2) is 54.7 Å². The van der Waals surface area contributed by atoms with Crippen molar-refractivity contribution < 1.29 is 5.11 Å². The molecule has 1 atom stereocenters. The van der Waals surface area contributed by atoms with Crippen LogP contribution in [0.1, 0.15) is 44.6 Å². The van der Waals surface area contributed by atoms with Gasteiger partial charge in [-0.3, -0.25) is 4.99 Å². The number of piperidine rings is 1. The molecule has 0 amide bonds. The molecule has 1 fully saturated rings. The minimum Gasteiger partial charge on any atom is -0.386 e. The van der Waals surface area contributed by atoms with Crippen LogP contribution < -0.4 is 10.6 Å². The van der Waals surface area contributed by atoms with Crippen molar-refractivity contribution in [1.29, 1.82) is 0 Å². The Bertz CT molecular complexity index is 541. The summed E-state index contributed by atoms with van der Waals surface area (Å²) in [6.07, 6.45) is 1.64. The number of aliphatic hydroxyl groups is 1. The van der Waals surface area contributed by atoms with Gasteiger partial charge in [-0.2, -0.15) is 0 Å². The zero-order valence-electron chi connectivity index (χ0n) is 15.5. The number of halogens is 1. The van der Waals surface area contributed by atoms with Gasteiger partial charge < -0.3 is 20.6 Å². The Labute approximate surface area is 160 Å². The molecule has 3 N–H and O–H groups in total. The van der Waals surface area contributed by atoms with Crippen LogP contribution in [0.5, 0.6) is 0 Å². The number of likely N-dealkylation sites (tertiary alicyclic amines) is 1. The van der Waals surface area contributed by atoms with Gasteiger partial charge in [0.15, 0.2) is 5.96 Å². The summed E-state index contributed by atoms with van der Waals surface area (Å²) in [5.41, 5.74) is 0. The van der Waals surface area contributed by atoms with E-state index in [1.165, 1.54) is 17.9 Å². The molecule has 142 valence electrons. The standard InChI is InChI=1S/C18H31ClN4OS/c1-4-20-18(21-11-15(24)16-5-6-17(19)25-16)22-14-7-9-23(10-8-14)12-13(2)3/h5-6,13-15,24H,4,7-12H2,1-3H3,(H2,20,21,22). The Morgan fingerprint density at radius 3 is 2.68 bits per heavy atom. The van der Waals surface area contributed by atoms with E-state index in [0.717, 1.165) is 49.2 Å². The largest absolute Gasteiger partial charge is 0.386 e. The first kappa shape index (κ1) is 20.5. The fourth-order valence-corrected chi connectivity index (χ4v) is 4.10. The minimum absolute atomic E-state index is 0.332. The maximum absolute atomic E-state index is 10.3. The van der Waals surface area contributed by atoms with Gasteiger partial charge in [0.05, 0.1) is 10.9 Å². The number of nitrogens with one attached hydrogen (secondary N) is 2. The molecule has 0 spiro atoms. The molecule has 2 heterocycles. The predicted molar refractivity (Wildman–Crippen MR) is 108 cm³/mol. The number of nitrogens with zero attached hydrogens (tertiary/aromatic N) is 2. The highest BCUT2D eigenvalue weighted by atomic mass is 35.5. The number of hydrogen-bond acceptors (Lipinski definition) is 4. The van der Waals surface area contributed by atoms with Crippen molar-refractivity contribution in [2.24, 2.45) is 10.9 Å². The molecule has 1 aromatic heterocycles. The summed E-state index contributed by atoms with van der Waals surface area (Å²) >= 11 is 7.33. The van der Waals surface area contributed by atoms with Crippen molar-refractivity contribution in [2.45, 2.75) is 45.8 Å². The topological polar surface area (TPSA) is 59.9 Å². The quantitative estimate of drug-likeness (QED) is 0.497. The lowest BCUT2D eigenvalue weighted by atomic mass is 10.0. The molecule has 1 aromatic rings. The zero-order valence-corrected chi connectivity index (χ0v) is 17.0. The van der Waals surface area contributed by atoms with Gasteiger partial charge in [0.2, 0.25) is 0 Å². The first-order chi connectivity index (χ1) is 12.0. The number of aliphatic hydroxyl groups excluding tert-OH is 1. The first-order valence-electron chi connectivity index (χ1n) is 9.18. The van der Waals surface area contributed by atoms with E-state index in [-0.39, 0.29) is 0 Å². The average molecular weight is 387 g/mol. The normalized spacial score (nSPS) is 18.6. The summed E-state index contributed by atoms with van der Waals surface area (Å²) in [6, 6.07) is 4.11. The molecule has 0 aliphatic carbocycles. The second-order valence-electron chi connectivity index (χ2n) is 6.99. The molecule has 0 saturated carbocycles. The van der Waals surface area contributed by atoms with Gasteiger partial charge in [0.25, 0.3) is 0 Å². The first-order valence-corrected chi connectivity index (χ1v) is 10.4. The van der Waals surface area contributed by atoms with Crippen LogP contribution >= 0.6 is 22.9 Å². The van der Waals surface area contributed by atoms with Gasteiger partial charge in [0.1, 0.15) is 6.10 Å². The van der Waals surface area contributed by atoms with Gasteiger partial charge in [0, 0.05) is 37.1 Å². The van der Waals surface area contributed by atoms with Crippen LogP contribution in [0.3, 0.4) is 0 Å². The molecule has 1 aliphatic heterocycles. The molecule has 0 bridgehead atoms. The van der Waals surface area contributed by atoms with Crippen LogP contribution in [0.2, 0.25) is 4.34 Å². The van der Waals surface area contributed by atoms with Gasteiger partial charge in [-0.1, -0.05) is 25.4 Å². The predicted octanol–water partition coefficient (Wildman–Crippen LogP) is 3.11. The molecule has 1 saturated heterocycles. The summed E-state index contributed by atoms with van der Waals surface area (Å²) in [5, 5.41) is 17.1. The SMILES string of the molecule is CCNC(=NCC(O)c1ccc(Cl)s1)NC1CCN(CC(C)C)CC1. The van der Waals surface area contributed by atoms with Crippen LogP contribution in [0.4, 0.5) is 0 Å². The van der Waals surface area contributed by atoms with E-state index in [4.69, 9.17) is 11.6 Å². The van der Waals surface area contributed by atoms with Gasteiger partial charge >= 0.3 is 0 Å². The van der Waals surface area contributed by atoms with Crippen LogP contribution in [0, 0.1) is 5.92 Å². The fraction of sp³-hybridized carbons (Fsp3) is 0.722. The van der Waals surface area contributed by atoms with Gasteiger partial charge in [-0.15, -0.1) is 11.3 Å². The monoisotopic (exact) mass is 386 g/mol. The fourth-order valence-electron chi connectivity index (χ4n) is 3.06. The van der Waals surface area contributed by atoms with E-state index >= 15 is 0 Å². The number of hydrogen-bond donors (Lipinski definition) is 3. The molecule has 2 rings (SSSR count). The summed E-state index contributed by atoms with van der Waals surface area (Å²) in [6.45, 7) is 11.2. The molecule has 0 aromatic carbocycles. The summed E-state index contributed by atoms with van der Waals surface area (Å²) in [5.74, 6) is 1.50. The number of aliphatic imine (C=N–C) groups is 1. The highest BCUT2D eigenvalue weighted by Crippen LogP contribution is 2.26. The van der Waals surface area contributed by atoms with Crippen molar-refractivity contribution in [3.63, 3.8) is 0 Å². The highest BCUT2D eigenvalue weighted by Gasteiger charge is 2.20. The molecular formula is C18H31ClN4OS. The second kappa shape index (κ2) is 10.4. The van der Waals surface area contributed by atoms with Crippen molar-refractivity contribution in [2.75, 3.05) is 32.7 Å². The molecule has 0 radical (unpaired) electrons. The average Bonchev–Trinajstić information content (AvgIpc) is 3.00. The van der Waals surface area contributed by atoms with E-state index in [1.807, 2.05) is 12.1 Å². The summed E-state index contributed by atoms with van der Waals surface area (Å²) in [4.78, 5) is 7.95. The van der Waals surface area contributed by atoms with Crippen LogP contribution in [0.25, 0.3) is 0 Å². The lowest BCUT2D eigenvalue weighted by Crippen LogP contribution is -2.49. The molecule has 5 nitrogen and oxygen atoms in total. The van der Waals surface area contributed by atoms with Crippen LogP contribution in [0.15, 0.2) is 17.1 Å². The number of rotatable bonds is 7. The van der Waals surface area contributed by atoms with Crippen molar-refractivity contribution >= 4 is 28.9 Å². The maximum atomic E-state index is 10.3. The Kier molecular flexibility index (Phi) is 8.49. The number of thiophene rings is 1. The molecule has 1 aliphatic rings. The Morgan fingerprint density at radius 2 is 2.12 bits per heavy atom. The zero-order chi connectivity index (χ0) is 18.2. The van der Waals surface area contributed by atoms with E-state index in [1.54, 1.807) is 0 Å². The third-order valence-corrected chi connectivity index (χ3v) is 5.57. The van der Waals surface area contributed by atoms with E-state index in [9.17, 15) is 5.11 Å². The second-order valence-corrected chi connectivity index (χ2v) is 8.74. The van der Waals surface area contributed by atoms with Crippen molar-refractivity contribution in [3.8, 4) is 0 Å². The molecule has 25 heavy (non-hydrogen) atoms. The number of guanidine groups is 1. The summed E-state index contributed by atoms with van der Waals surface area (Å²) in [7, 11) is 0. The van der Waals surface area contributed by atoms with Crippen LogP contribution in [-0.2, 0) is 0 Å². The summed E-state index contributed by atoms with van der Waals surface area (Å²) < 4.78 is 0.691. The Hall–Kier alpha value is -0.820. The van der Waals surface area contributed by atoms with Gasteiger partial charge in [-0.05, 0) is 37.8 Å². The van der Waals surface area contributed by atoms with Crippen molar-refractivity contribution in [1.82, 2.24) is 15.5 Å². The van der Waals surface area contributed by atoms with E-state index in [0.29, 0.717) is 16.9 Å². The lowest BCUT2D eigenvalue weighted by Gasteiger charge is -2.34. The van der Waals surface area contributed by atoms with E-state index in [2.05, 4.69) is 41.3 Å². The van der Waals surface area contributed by atoms with E-state index < -0.39 is 6.10 Å². The Morgan fingerprint density at radius 1 is 1.40 bits per heavy atom. The Balaban J connectivity index is 1.83. The third kappa shape index (κ3) is 7.13. The smallest absolute Gasteiger partial charge is 0.191 e. The van der Waals surface area contributed by atoms with Gasteiger partial charge in [-0.25, -0.2) is 0 Å². The molecule has 1 unspecified atom stereocenters.